The van der Waals surface area contributed by atoms with Gasteiger partial charge in [-0.2, -0.15) is 13.2 Å². The zero-order chi connectivity index (χ0) is 25.4. The van der Waals surface area contributed by atoms with E-state index in [4.69, 9.17) is 18.9 Å². The summed E-state index contributed by atoms with van der Waals surface area (Å²) in [4.78, 5) is 24.8. The first-order chi connectivity index (χ1) is 16.5. The summed E-state index contributed by atoms with van der Waals surface area (Å²) in [6.45, 7) is 7.39. The molecule has 1 aromatic carbocycles. The molecular formula is C26H29F3O6. The SMILES string of the molecule is C=C1C(=O)O[C@H]2[C@H]1CC/C(COC(C(=O)OCC)c1ccccc1C(F)(F)F)=C/CC[C@@]1(C)O[C@@H]21. The minimum atomic E-state index is -4.65. The lowest BCUT2D eigenvalue weighted by Gasteiger charge is -2.23. The number of carbonyl (C=O) groups is 2. The first-order valence-corrected chi connectivity index (χ1v) is 11.7. The number of fused-ring (bicyclic) bond motifs is 3. The van der Waals surface area contributed by atoms with Crippen LogP contribution in [-0.4, -0.2) is 43.0 Å². The standard InChI is InChI=1S/C26H29F3O6/c1-4-32-24(31)21(18-9-5-6-10-19(18)26(27,28)29)33-14-16-8-7-13-25(3)22(35-25)20-17(12-11-16)15(2)23(30)34-20/h5-6,8-10,17,20-22H,2,4,7,11-14H2,1,3H3/b16-8-/t17-,20-,21?,22-,25+/m0/s1. The summed E-state index contributed by atoms with van der Waals surface area (Å²) in [7, 11) is 0. The van der Waals surface area contributed by atoms with Gasteiger partial charge in [-0.15, -0.1) is 0 Å². The van der Waals surface area contributed by atoms with Crippen LogP contribution >= 0.6 is 0 Å². The smallest absolute Gasteiger partial charge is 0.416 e. The molecule has 4 rings (SSSR count). The Morgan fingerprint density at radius 3 is 2.77 bits per heavy atom. The summed E-state index contributed by atoms with van der Waals surface area (Å²) in [6, 6.07) is 4.84. The number of benzene rings is 1. The third-order valence-electron chi connectivity index (χ3n) is 6.92. The molecule has 9 heteroatoms. The Hall–Kier alpha value is -2.65. The highest BCUT2D eigenvalue weighted by Gasteiger charge is 2.61. The van der Waals surface area contributed by atoms with Crippen molar-refractivity contribution >= 4 is 11.9 Å². The van der Waals surface area contributed by atoms with Crippen molar-refractivity contribution in [1.82, 2.24) is 0 Å². The number of hydrogen-bond acceptors (Lipinski definition) is 6. The molecule has 0 N–H and O–H groups in total. The van der Waals surface area contributed by atoms with Crippen LogP contribution in [0.1, 0.15) is 56.8 Å². The largest absolute Gasteiger partial charge is 0.464 e. The molecule has 2 fully saturated rings. The summed E-state index contributed by atoms with van der Waals surface area (Å²) in [5, 5.41) is 0. The Bertz CT molecular complexity index is 1030. The van der Waals surface area contributed by atoms with Gasteiger partial charge in [0.1, 0.15) is 12.2 Å². The quantitative estimate of drug-likeness (QED) is 0.238. The predicted molar refractivity (Wildman–Crippen MR) is 119 cm³/mol. The van der Waals surface area contributed by atoms with Crippen LogP contribution in [0.25, 0.3) is 0 Å². The van der Waals surface area contributed by atoms with Gasteiger partial charge in [0.15, 0.2) is 6.10 Å². The second-order valence-corrected chi connectivity index (χ2v) is 9.32. The Balaban J connectivity index is 1.54. The Morgan fingerprint density at radius 2 is 2.06 bits per heavy atom. The van der Waals surface area contributed by atoms with Crippen LogP contribution < -0.4 is 0 Å². The number of alkyl halides is 3. The molecule has 1 aliphatic carbocycles. The molecule has 1 unspecified atom stereocenters. The fraction of sp³-hybridized carbons (Fsp3) is 0.538. The van der Waals surface area contributed by atoms with Gasteiger partial charge in [-0.25, -0.2) is 9.59 Å². The fourth-order valence-electron chi connectivity index (χ4n) is 4.93. The first-order valence-electron chi connectivity index (χ1n) is 11.7. The van der Waals surface area contributed by atoms with Crippen molar-refractivity contribution in [2.24, 2.45) is 5.92 Å². The average molecular weight is 495 g/mol. The normalized spacial score (nSPS) is 30.9. The van der Waals surface area contributed by atoms with Crippen LogP contribution in [0.2, 0.25) is 0 Å². The molecule has 3 aliphatic rings. The summed E-state index contributed by atoms with van der Waals surface area (Å²) < 4.78 is 63.2. The van der Waals surface area contributed by atoms with E-state index in [1.54, 1.807) is 6.92 Å². The molecule has 6 nitrogen and oxygen atoms in total. The average Bonchev–Trinajstić information content (AvgIpc) is 3.39. The number of esters is 2. The number of ether oxygens (including phenoxy) is 4. The predicted octanol–water partition coefficient (Wildman–Crippen LogP) is 5.08. The van der Waals surface area contributed by atoms with Gasteiger partial charge in [0.25, 0.3) is 0 Å². The Morgan fingerprint density at radius 1 is 1.31 bits per heavy atom. The highest BCUT2D eigenvalue weighted by Crippen LogP contribution is 2.50. The van der Waals surface area contributed by atoms with Gasteiger partial charge in [-0.1, -0.05) is 30.9 Å². The maximum atomic E-state index is 13.6. The molecule has 1 aromatic rings. The first kappa shape index (κ1) is 25.4. The molecule has 190 valence electrons. The highest BCUT2D eigenvalue weighted by molar-refractivity contribution is 5.91. The van der Waals surface area contributed by atoms with E-state index in [9.17, 15) is 22.8 Å². The fourth-order valence-corrected chi connectivity index (χ4v) is 4.93. The van der Waals surface area contributed by atoms with Crippen LogP contribution in [0, 0.1) is 5.92 Å². The van der Waals surface area contributed by atoms with Crippen LogP contribution in [0.4, 0.5) is 13.2 Å². The van der Waals surface area contributed by atoms with E-state index in [0.717, 1.165) is 11.6 Å². The number of hydrogen-bond donors (Lipinski definition) is 0. The van der Waals surface area contributed by atoms with Crippen molar-refractivity contribution in [3.63, 3.8) is 0 Å². The zero-order valence-corrected chi connectivity index (χ0v) is 19.7. The maximum Gasteiger partial charge on any atom is 0.416 e. The monoisotopic (exact) mass is 494 g/mol. The van der Waals surface area contributed by atoms with Gasteiger partial charge in [-0.3, -0.25) is 0 Å². The van der Waals surface area contributed by atoms with E-state index in [2.05, 4.69) is 6.58 Å². The van der Waals surface area contributed by atoms with Gasteiger partial charge in [0.05, 0.1) is 24.4 Å². The number of halogens is 3. The van der Waals surface area contributed by atoms with E-state index in [1.165, 1.54) is 18.2 Å². The van der Waals surface area contributed by atoms with Gasteiger partial charge >= 0.3 is 18.1 Å². The molecule has 0 amide bonds. The molecule has 0 spiro atoms. The van der Waals surface area contributed by atoms with Crippen LogP contribution in [0.3, 0.4) is 0 Å². The molecule has 0 radical (unpaired) electrons. The molecule has 5 atom stereocenters. The van der Waals surface area contributed by atoms with Crippen molar-refractivity contribution in [1.29, 1.82) is 0 Å². The van der Waals surface area contributed by atoms with E-state index < -0.39 is 41.5 Å². The maximum absolute atomic E-state index is 13.6. The third kappa shape index (κ3) is 5.30. The molecule has 35 heavy (non-hydrogen) atoms. The lowest BCUT2D eigenvalue weighted by Crippen LogP contribution is -2.29. The van der Waals surface area contributed by atoms with E-state index in [0.29, 0.717) is 31.3 Å². The van der Waals surface area contributed by atoms with Gasteiger partial charge in [0.2, 0.25) is 0 Å². The van der Waals surface area contributed by atoms with Gasteiger partial charge < -0.3 is 18.9 Å². The van der Waals surface area contributed by atoms with Crippen molar-refractivity contribution in [2.45, 2.75) is 69.6 Å². The van der Waals surface area contributed by atoms with Crippen molar-refractivity contribution in [2.75, 3.05) is 13.2 Å². The lowest BCUT2D eigenvalue weighted by molar-refractivity contribution is -0.158. The summed E-state index contributed by atoms with van der Waals surface area (Å²) in [5.74, 6) is -1.53. The lowest BCUT2D eigenvalue weighted by atomic mass is 9.84. The van der Waals surface area contributed by atoms with Crippen molar-refractivity contribution in [3.8, 4) is 0 Å². The van der Waals surface area contributed by atoms with Gasteiger partial charge in [-0.05, 0) is 51.2 Å². The molecule has 0 saturated carbocycles. The molecule has 2 aliphatic heterocycles. The highest BCUT2D eigenvalue weighted by atomic mass is 19.4. The third-order valence-corrected chi connectivity index (χ3v) is 6.92. The van der Waals surface area contributed by atoms with Crippen LogP contribution in [0.15, 0.2) is 48.1 Å². The zero-order valence-electron chi connectivity index (χ0n) is 19.7. The van der Waals surface area contributed by atoms with Crippen LogP contribution in [0.5, 0.6) is 0 Å². The molecule has 0 bridgehead atoms. The molecule has 2 saturated heterocycles. The van der Waals surface area contributed by atoms with E-state index in [1.807, 2.05) is 13.0 Å². The van der Waals surface area contributed by atoms with E-state index >= 15 is 0 Å². The Labute approximate surface area is 202 Å². The second-order valence-electron chi connectivity index (χ2n) is 9.32. The van der Waals surface area contributed by atoms with Gasteiger partial charge in [0, 0.05) is 17.1 Å². The minimum absolute atomic E-state index is 0.00846. The molecule has 0 aromatic heterocycles. The second kappa shape index (κ2) is 9.78. The van der Waals surface area contributed by atoms with E-state index in [-0.39, 0.29) is 30.8 Å². The molecular weight excluding hydrogens is 465 g/mol. The number of rotatable bonds is 6. The van der Waals surface area contributed by atoms with Crippen molar-refractivity contribution < 1.29 is 41.7 Å². The number of epoxide rings is 1. The summed E-state index contributed by atoms with van der Waals surface area (Å²) in [6.07, 6.45) is -2.38. The summed E-state index contributed by atoms with van der Waals surface area (Å²) >= 11 is 0. The number of carbonyl (C=O) groups excluding carboxylic acids is 2. The minimum Gasteiger partial charge on any atom is -0.464 e. The Kier molecular flexibility index (Phi) is 7.11. The topological polar surface area (TPSA) is 74.4 Å². The van der Waals surface area contributed by atoms with Crippen LogP contribution in [-0.2, 0) is 34.7 Å². The number of allylic oxidation sites excluding steroid dienone is 1. The summed E-state index contributed by atoms with van der Waals surface area (Å²) in [5.41, 5.74) is -0.422. The molecule has 2 heterocycles. The van der Waals surface area contributed by atoms with Crippen molar-refractivity contribution in [3.05, 3.63) is 59.2 Å².